The van der Waals surface area contributed by atoms with Crippen molar-refractivity contribution in [1.82, 2.24) is 0 Å². The third kappa shape index (κ3) is 2.51. The fourth-order valence-electron chi connectivity index (χ4n) is 6.12. The van der Waals surface area contributed by atoms with Gasteiger partial charge in [0.05, 0.1) is 11.0 Å². The van der Waals surface area contributed by atoms with Crippen LogP contribution in [0.5, 0.6) is 0 Å². The summed E-state index contributed by atoms with van der Waals surface area (Å²) in [6.45, 7) is 8.37. The van der Waals surface area contributed by atoms with Gasteiger partial charge in [-0.15, -0.1) is 0 Å². The highest BCUT2D eigenvalue weighted by Gasteiger charge is 2.60. The van der Waals surface area contributed by atoms with Crippen molar-refractivity contribution in [3.63, 3.8) is 0 Å². The number of carboxylic acid groups (broad SMARTS) is 1. The SMILES string of the molecule is COC1(C(C)C)C=C2C(=O)CC3C(C)(C(=O)O)CCCC3(C)C2CC1. The number of Topliss-reactive ketones (excluding diaryl/α,β-unsaturated/α-hetero) is 1. The monoisotopic (exact) mass is 348 g/mol. The lowest BCUT2D eigenvalue weighted by atomic mass is 9.45. The Bertz CT molecular complexity index is 621. The third-order valence-electron chi connectivity index (χ3n) is 7.93. The first-order chi connectivity index (χ1) is 11.6. The summed E-state index contributed by atoms with van der Waals surface area (Å²) >= 11 is 0. The first-order valence-corrected chi connectivity index (χ1v) is 9.65. The summed E-state index contributed by atoms with van der Waals surface area (Å²) in [4.78, 5) is 25.1. The predicted molar refractivity (Wildman–Crippen MR) is 96.2 cm³/mol. The summed E-state index contributed by atoms with van der Waals surface area (Å²) in [6, 6.07) is 0. The van der Waals surface area contributed by atoms with E-state index >= 15 is 0 Å². The van der Waals surface area contributed by atoms with E-state index in [9.17, 15) is 14.7 Å². The topological polar surface area (TPSA) is 63.6 Å². The van der Waals surface area contributed by atoms with Crippen LogP contribution in [0.15, 0.2) is 11.6 Å². The molecule has 1 N–H and O–H groups in total. The second-order valence-electron chi connectivity index (χ2n) is 9.27. The van der Waals surface area contributed by atoms with Gasteiger partial charge in [0.2, 0.25) is 0 Å². The van der Waals surface area contributed by atoms with Crippen molar-refractivity contribution in [2.45, 2.75) is 71.8 Å². The van der Waals surface area contributed by atoms with Crippen LogP contribution in [0.4, 0.5) is 0 Å². The van der Waals surface area contributed by atoms with E-state index in [-0.39, 0.29) is 28.6 Å². The van der Waals surface area contributed by atoms with Crippen LogP contribution in [0.3, 0.4) is 0 Å². The van der Waals surface area contributed by atoms with Gasteiger partial charge in [0.1, 0.15) is 0 Å². The van der Waals surface area contributed by atoms with Crippen molar-refractivity contribution in [3.05, 3.63) is 11.6 Å². The standard InChI is InChI=1S/C21H32O4/c1-13(2)21(25-5)10-7-15-14(12-21)16(22)11-17-19(15,3)8-6-9-20(17,4)18(23)24/h12-13,15,17H,6-11H2,1-5H3,(H,23,24). The lowest BCUT2D eigenvalue weighted by molar-refractivity contribution is -0.166. The molecule has 2 fully saturated rings. The van der Waals surface area contributed by atoms with Crippen LogP contribution in [0, 0.1) is 28.6 Å². The molecule has 3 rings (SSSR count). The van der Waals surface area contributed by atoms with Gasteiger partial charge in [-0.05, 0) is 67.4 Å². The van der Waals surface area contributed by atoms with Gasteiger partial charge < -0.3 is 9.84 Å². The molecule has 0 radical (unpaired) electrons. The third-order valence-corrected chi connectivity index (χ3v) is 7.93. The largest absolute Gasteiger partial charge is 0.481 e. The van der Waals surface area contributed by atoms with Crippen LogP contribution in [-0.2, 0) is 14.3 Å². The maximum absolute atomic E-state index is 13.0. The van der Waals surface area contributed by atoms with Crippen molar-refractivity contribution in [2.24, 2.45) is 28.6 Å². The number of ether oxygens (including phenoxy) is 1. The van der Waals surface area contributed by atoms with E-state index < -0.39 is 11.4 Å². The molecule has 0 amide bonds. The Hall–Kier alpha value is -1.16. The number of carbonyl (C=O) groups is 2. The zero-order valence-corrected chi connectivity index (χ0v) is 16.2. The van der Waals surface area contributed by atoms with E-state index in [1.165, 1.54) is 0 Å². The average molecular weight is 348 g/mol. The predicted octanol–water partition coefficient (Wildman–Crippen LogP) is 4.23. The number of hydrogen-bond donors (Lipinski definition) is 1. The fourth-order valence-corrected chi connectivity index (χ4v) is 6.12. The molecule has 0 aromatic rings. The summed E-state index contributed by atoms with van der Waals surface area (Å²) in [5.74, 6) is -0.203. The van der Waals surface area contributed by atoms with Gasteiger partial charge in [-0.3, -0.25) is 9.59 Å². The Kier molecular flexibility index (Phi) is 4.42. The van der Waals surface area contributed by atoms with E-state index in [4.69, 9.17) is 4.74 Å². The number of aliphatic carboxylic acids is 1. The number of allylic oxidation sites excluding steroid dienone is 1. The molecular formula is C21H32O4. The van der Waals surface area contributed by atoms with Crippen LogP contribution in [0.1, 0.15) is 66.2 Å². The van der Waals surface area contributed by atoms with Gasteiger partial charge in [0.25, 0.3) is 0 Å². The lowest BCUT2D eigenvalue weighted by Gasteiger charge is -2.58. The number of carboxylic acids is 1. The molecule has 0 saturated heterocycles. The van der Waals surface area contributed by atoms with Crippen LogP contribution in [0.25, 0.3) is 0 Å². The number of rotatable bonds is 3. The van der Waals surface area contributed by atoms with Gasteiger partial charge in [-0.2, -0.15) is 0 Å². The molecular weight excluding hydrogens is 316 g/mol. The van der Waals surface area contributed by atoms with Gasteiger partial charge in [-0.25, -0.2) is 0 Å². The molecule has 0 aliphatic heterocycles. The second-order valence-corrected chi connectivity index (χ2v) is 9.27. The number of ketones is 1. The number of hydrogen-bond acceptors (Lipinski definition) is 3. The van der Waals surface area contributed by atoms with Crippen molar-refractivity contribution < 1.29 is 19.4 Å². The molecule has 0 bridgehead atoms. The van der Waals surface area contributed by atoms with Gasteiger partial charge >= 0.3 is 5.97 Å². The first-order valence-electron chi connectivity index (χ1n) is 9.65. The van der Waals surface area contributed by atoms with Crippen LogP contribution < -0.4 is 0 Å². The smallest absolute Gasteiger partial charge is 0.309 e. The van der Waals surface area contributed by atoms with E-state index in [0.29, 0.717) is 18.8 Å². The second kappa shape index (κ2) is 5.94. The maximum atomic E-state index is 13.0. The fraction of sp³-hybridized carbons (Fsp3) is 0.810. The maximum Gasteiger partial charge on any atom is 0.309 e. The highest BCUT2D eigenvalue weighted by Crippen LogP contribution is 2.63. The Morgan fingerprint density at radius 1 is 1.28 bits per heavy atom. The average Bonchev–Trinajstić information content (AvgIpc) is 2.56. The summed E-state index contributed by atoms with van der Waals surface area (Å²) < 4.78 is 5.86. The van der Waals surface area contributed by atoms with Gasteiger partial charge in [-0.1, -0.05) is 27.2 Å². The Labute approximate surface area is 151 Å². The van der Waals surface area contributed by atoms with Crippen LogP contribution in [0.2, 0.25) is 0 Å². The minimum Gasteiger partial charge on any atom is -0.481 e. The van der Waals surface area contributed by atoms with Crippen molar-refractivity contribution in [1.29, 1.82) is 0 Å². The first kappa shape index (κ1) is 18.6. The molecule has 0 aromatic carbocycles. The normalized spacial score (nSPS) is 44.1. The van der Waals surface area contributed by atoms with Crippen molar-refractivity contribution in [2.75, 3.05) is 7.11 Å². The van der Waals surface area contributed by atoms with Crippen molar-refractivity contribution in [3.8, 4) is 0 Å². The quantitative estimate of drug-likeness (QED) is 0.829. The van der Waals surface area contributed by atoms with Gasteiger partial charge in [0.15, 0.2) is 5.78 Å². The lowest BCUT2D eigenvalue weighted by Crippen LogP contribution is -2.57. The molecule has 4 nitrogen and oxygen atoms in total. The van der Waals surface area contributed by atoms with E-state index in [2.05, 4.69) is 26.8 Å². The van der Waals surface area contributed by atoms with Crippen LogP contribution >= 0.6 is 0 Å². The molecule has 5 atom stereocenters. The molecule has 4 heteroatoms. The molecule has 0 aromatic heterocycles. The zero-order valence-electron chi connectivity index (χ0n) is 16.2. The molecule has 140 valence electrons. The molecule has 5 unspecified atom stereocenters. The number of methoxy groups -OCH3 is 1. The molecule has 2 saturated carbocycles. The highest BCUT2D eigenvalue weighted by molar-refractivity contribution is 5.98. The Morgan fingerprint density at radius 3 is 2.52 bits per heavy atom. The van der Waals surface area contributed by atoms with Crippen molar-refractivity contribution >= 4 is 11.8 Å². The summed E-state index contributed by atoms with van der Waals surface area (Å²) in [5, 5.41) is 9.88. The Balaban J connectivity index is 2.06. The Morgan fingerprint density at radius 2 is 1.96 bits per heavy atom. The minimum absolute atomic E-state index is 0.0741. The molecule has 3 aliphatic carbocycles. The van der Waals surface area contributed by atoms with E-state index in [1.54, 1.807) is 7.11 Å². The number of fused-ring (bicyclic) bond motifs is 3. The van der Waals surface area contributed by atoms with Gasteiger partial charge in [0, 0.05) is 13.5 Å². The molecule has 3 aliphatic rings. The summed E-state index contributed by atoms with van der Waals surface area (Å²) in [7, 11) is 1.73. The minimum atomic E-state index is -0.790. The summed E-state index contributed by atoms with van der Waals surface area (Å²) in [6.07, 6.45) is 6.88. The molecule has 25 heavy (non-hydrogen) atoms. The highest BCUT2D eigenvalue weighted by atomic mass is 16.5. The summed E-state index contributed by atoms with van der Waals surface area (Å²) in [5.41, 5.74) is -0.352. The molecule has 0 spiro atoms. The molecule has 0 heterocycles. The zero-order chi connectivity index (χ0) is 18.6. The van der Waals surface area contributed by atoms with E-state index in [1.807, 2.05) is 6.92 Å². The number of carbonyl (C=O) groups excluding carboxylic acids is 1. The van der Waals surface area contributed by atoms with Crippen LogP contribution in [-0.4, -0.2) is 29.6 Å². The van der Waals surface area contributed by atoms with E-state index in [0.717, 1.165) is 31.3 Å².